The van der Waals surface area contributed by atoms with Crippen LogP contribution in [0.5, 0.6) is 5.88 Å². The lowest BCUT2D eigenvalue weighted by atomic mass is 9.85. The number of carbonyl (C=O) groups is 1. The van der Waals surface area contributed by atoms with Crippen LogP contribution < -0.4 is 4.74 Å². The van der Waals surface area contributed by atoms with Crippen molar-refractivity contribution in [3.05, 3.63) is 113 Å². The molecule has 2 aromatic carbocycles. The molecule has 0 bridgehead atoms. The number of hydrogen-bond donors (Lipinski definition) is 1. The molecule has 1 N–H and O–H groups in total. The molecule has 1 aliphatic rings. The largest absolute Gasteiger partial charge is 0.478 e. The van der Waals surface area contributed by atoms with Crippen molar-refractivity contribution in [1.82, 2.24) is 24.1 Å². The zero-order valence-electron chi connectivity index (χ0n) is 25.8. The number of carboxylic acid groups (broad SMARTS) is 1. The van der Waals surface area contributed by atoms with Crippen LogP contribution in [0, 0.1) is 11.9 Å². The van der Waals surface area contributed by atoms with E-state index in [1.165, 1.54) is 11.6 Å². The molecule has 4 heterocycles. The van der Waals surface area contributed by atoms with E-state index >= 15 is 0 Å². The van der Waals surface area contributed by atoms with Gasteiger partial charge in [-0.1, -0.05) is 29.8 Å². The number of pyridine rings is 1. The predicted molar refractivity (Wildman–Crippen MR) is 177 cm³/mol. The first-order chi connectivity index (χ1) is 22.9. The molecule has 47 heavy (non-hydrogen) atoms. The second kappa shape index (κ2) is 13.0. The van der Waals surface area contributed by atoms with Crippen LogP contribution in [0.1, 0.15) is 65.7 Å². The van der Waals surface area contributed by atoms with Crippen molar-refractivity contribution >= 4 is 45.1 Å². The molecule has 1 aliphatic carbocycles. The molecule has 1 atom stereocenters. The lowest BCUT2D eigenvalue weighted by Gasteiger charge is -2.22. The fraction of sp³-hybridized carbons (Fsp3) is 0.278. The topological polar surface area (TPSA) is 108 Å². The Morgan fingerprint density at radius 2 is 2.06 bits per heavy atom. The first-order valence-electron chi connectivity index (χ1n) is 15.7. The van der Waals surface area contributed by atoms with Crippen molar-refractivity contribution in [2.45, 2.75) is 58.7 Å². The average molecular weight is 654 g/mol. The molecule has 0 spiro atoms. The summed E-state index contributed by atoms with van der Waals surface area (Å²) in [6.07, 6.45) is 10.6. The molecule has 9 nitrogen and oxygen atoms in total. The van der Waals surface area contributed by atoms with E-state index in [1.54, 1.807) is 30.3 Å². The third kappa shape index (κ3) is 6.38. The number of carboxylic acids is 1. The normalized spacial score (nSPS) is 15.0. The van der Waals surface area contributed by atoms with Crippen molar-refractivity contribution in [3.63, 3.8) is 0 Å². The second-order valence-corrected chi connectivity index (χ2v) is 12.3. The van der Waals surface area contributed by atoms with E-state index in [0.717, 1.165) is 66.9 Å². The number of furan rings is 1. The third-order valence-corrected chi connectivity index (χ3v) is 9.27. The molecule has 0 aliphatic heterocycles. The number of aromatic carboxylic acids is 1. The van der Waals surface area contributed by atoms with Crippen molar-refractivity contribution in [2.75, 3.05) is 0 Å². The Morgan fingerprint density at radius 1 is 1.17 bits per heavy atom. The van der Waals surface area contributed by atoms with Gasteiger partial charge < -0.3 is 23.4 Å². The number of ether oxygens (including phenoxy) is 1. The molecule has 7 rings (SSSR count). The molecule has 4 aromatic heterocycles. The molecule has 11 heteroatoms. The molecule has 0 saturated carbocycles. The van der Waals surface area contributed by atoms with Gasteiger partial charge in [0.05, 0.1) is 45.9 Å². The number of allylic oxidation sites excluding steroid dienone is 2. The van der Waals surface area contributed by atoms with Gasteiger partial charge in [0.2, 0.25) is 5.88 Å². The van der Waals surface area contributed by atoms with Crippen LogP contribution in [0.4, 0.5) is 4.39 Å². The molecular weight excluding hydrogens is 621 g/mol. The highest BCUT2D eigenvalue weighted by Crippen LogP contribution is 2.34. The van der Waals surface area contributed by atoms with Gasteiger partial charge in [0.25, 0.3) is 6.01 Å². The van der Waals surface area contributed by atoms with Crippen molar-refractivity contribution < 1.29 is 23.4 Å². The summed E-state index contributed by atoms with van der Waals surface area (Å²) in [5.74, 6) is 0.964. The van der Waals surface area contributed by atoms with Gasteiger partial charge in [0.15, 0.2) is 0 Å². The molecule has 1 unspecified atom stereocenters. The van der Waals surface area contributed by atoms with Crippen LogP contribution >= 0.6 is 11.6 Å². The lowest BCUT2D eigenvalue weighted by Crippen LogP contribution is -2.12. The third-order valence-electron chi connectivity index (χ3n) is 8.94. The molecule has 0 saturated heterocycles. The minimum atomic E-state index is -0.954. The second-order valence-electron chi connectivity index (χ2n) is 11.9. The van der Waals surface area contributed by atoms with E-state index in [2.05, 4.69) is 27.1 Å². The van der Waals surface area contributed by atoms with E-state index in [0.29, 0.717) is 39.9 Å². The van der Waals surface area contributed by atoms with Crippen LogP contribution in [0.25, 0.3) is 27.6 Å². The zero-order valence-corrected chi connectivity index (χ0v) is 26.6. The summed E-state index contributed by atoms with van der Waals surface area (Å²) in [5, 5.41) is 10.6. The first-order valence-corrected chi connectivity index (χ1v) is 16.1. The number of benzene rings is 2. The number of rotatable bonds is 11. The van der Waals surface area contributed by atoms with Gasteiger partial charge in [-0.05, 0) is 74.4 Å². The number of hydrogen-bond acceptors (Lipinski definition) is 6. The van der Waals surface area contributed by atoms with Crippen molar-refractivity contribution in [1.29, 1.82) is 0 Å². The highest BCUT2D eigenvalue weighted by atomic mass is 35.5. The summed E-state index contributed by atoms with van der Waals surface area (Å²) in [7, 11) is 0. The Labute approximate surface area is 275 Å². The number of aryl methyl sites for hydroxylation is 2. The van der Waals surface area contributed by atoms with E-state index in [4.69, 9.17) is 30.7 Å². The van der Waals surface area contributed by atoms with Gasteiger partial charge in [-0.15, -0.1) is 0 Å². The van der Waals surface area contributed by atoms with Crippen LogP contribution in [-0.4, -0.2) is 35.2 Å². The standard InChI is InChI=1S/C36H33ClFN5O4/c1-2-42-21-39-18-26(42)19-43-31-16-24(36(44)45)12-14-30(31)40-33(43)15-8-22-6-9-23(10-7-22)29-4-3-5-34(41-29)46-20-25-11-13-28(37)27-17-32(38)47-35(25)27/h3-5,9,11-14,16-18,21-22H,2,6-8,10,15,19-20H2,1H3,(H,44,45). The molecule has 0 radical (unpaired) electrons. The summed E-state index contributed by atoms with van der Waals surface area (Å²) in [6, 6.07) is 14.9. The van der Waals surface area contributed by atoms with Gasteiger partial charge in [0.1, 0.15) is 18.0 Å². The van der Waals surface area contributed by atoms with Crippen LogP contribution in [0.3, 0.4) is 0 Å². The highest BCUT2D eigenvalue weighted by Gasteiger charge is 2.20. The van der Waals surface area contributed by atoms with Gasteiger partial charge in [-0.25, -0.2) is 19.7 Å². The fourth-order valence-corrected chi connectivity index (χ4v) is 6.57. The van der Waals surface area contributed by atoms with Crippen LogP contribution in [0.2, 0.25) is 5.02 Å². The van der Waals surface area contributed by atoms with E-state index in [-0.39, 0.29) is 12.2 Å². The highest BCUT2D eigenvalue weighted by molar-refractivity contribution is 6.35. The average Bonchev–Trinajstić information content (AvgIpc) is 3.81. The number of imidazole rings is 2. The van der Waals surface area contributed by atoms with Gasteiger partial charge in [-0.3, -0.25) is 0 Å². The zero-order chi connectivity index (χ0) is 32.5. The Hall–Kier alpha value is -4.96. The van der Waals surface area contributed by atoms with Crippen molar-refractivity contribution in [3.8, 4) is 5.88 Å². The maximum absolute atomic E-state index is 13.8. The Morgan fingerprint density at radius 3 is 2.87 bits per heavy atom. The van der Waals surface area contributed by atoms with Crippen LogP contribution in [-0.2, 0) is 26.1 Å². The minimum Gasteiger partial charge on any atom is -0.478 e. The Kier molecular flexibility index (Phi) is 8.51. The first kappa shape index (κ1) is 30.7. The molecule has 240 valence electrons. The Balaban J connectivity index is 1.03. The Bertz CT molecular complexity index is 2130. The molecule has 6 aromatic rings. The van der Waals surface area contributed by atoms with Gasteiger partial charge >= 0.3 is 5.97 Å². The predicted octanol–water partition coefficient (Wildman–Crippen LogP) is 8.33. The number of halogens is 2. The summed E-state index contributed by atoms with van der Waals surface area (Å²) in [4.78, 5) is 25.7. The number of nitrogens with zero attached hydrogens (tertiary/aromatic N) is 5. The SMILES string of the molecule is CCn1cncc1Cn1c(CCC2CC=C(c3cccc(OCc4ccc(Cl)c5cc(F)oc45)n3)CC2)nc2ccc(C(=O)O)cc21. The molecular formula is C36H33ClFN5O4. The maximum Gasteiger partial charge on any atom is 0.335 e. The van der Waals surface area contributed by atoms with Crippen LogP contribution in [0.15, 0.2) is 77.6 Å². The molecule has 0 amide bonds. The monoisotopic (exact) mass is 653 g/mol. The van der Waals surface area contributed by atoms with Gasteiger partial charge in [0, 0.05) is 42.2 Å². The van der Waals surface area contributed by atoms with Crippen molar-refractivity contribution in [2.24, 2.45) is 5.92 Å². The summed E-state index contributed by atoms with van der Waals surface area (Å²) < 4.78 is 29.2. The molecule has 0 fully saturated rings. The van der Waals surface area contributed by atoms with E-state index in [1.807, 2.05) is 30.7 Å². The quantitative estimate of drug-likeness (QED) is 0.150. The van der Waals surface area contributed by atoms with E-state index < -0.39 is 12.0 Å². The summed E-state index contributed by atoms with van der Waals surface area (Å²) in [6.45, 7) is 3.62. The van der Waals surface area contributed by atoms with Gasteiger partial charge in [-0.2, -0.15) is 4.39 Å². The lowest BCUT2D eigenvalue weighted by molar-refractivity contribution is 0.0697. The fourth-order valence-electron chi connectivity index (χ4n) is 6.37. The minimum absolute atomic E-state index is 0.168. The summed E-state index contributed by atoms with van der Waals surface area (Å²) in [5.41, 5.74) is 6.05. The number of aromatic nitrogens is 5. The maximum atomic E-state index is 13.8. The smallest absolute Gasteiger partial charge is 0.335 e. The number of fused-ring (bicyclic) bond motifs is 2. The van der Waals surface area contributed by atoms with E-state index in [9.17, 15) is 14.3 Å². The summed E-state index contributed by atoms with van der Waals surface area (Å²) >= 11 is 6.19.